The molecule has 0 saturated carbocycles. The van der Waals surface area contributed by atoms with Gasteiger partial charge in [-0.1, -0.05) is 17.7 Å². The first-order chi connectivity index (χ1) is 9.46. The van der Waals surface area contributed by atoms with E-state index in [0.29, 0.717) is 0 Å². The molecular formula is C13H17NO5S. The van der Waals surface area contributed by atoms with Crippen LogP contribution in [0.25, 0.3) is 0 Å². The average molecular weight is 299 g/mol. The van der Waals surface area contributed by atoms with Crippen molar-refractivity contribution < 1.29 is 22.7 Å². The van der Waals surface area contributed by atoms with Crippen molar-refractivity contribution in [2.45, 2.75) is 17.9 Å². The van der Waals surface area contributed by atoms with Gasteiger partial charge < -0.3 is 9.47 Å². The summed E-state index contributed by atoms with van der Waals surface area (Å²) < 4.78 is 36.2. The largest absolute Gasteiger partial charge is 0.468 e. The van der Waals surface area contributed by atoms with E-state index in [1.807, 2.05) is 6.92 Å². The van der Waals surface area contributed by atoms with Crippen LogP contribution in [0.15, 0.2) is 29.2 Å². The standard InChI is InChI=1S/C13H17NO5S/c1-10-3-5-11(6-4-10)20(16,17)14-7-8-19-9-12(14)13(15)18-2/h3-6,12H,7-9H2,1-2H3. The molecule has 1 aromatic carbocycles. The number of hydrogen-bond donors (Lipinski definition) is 0. The van der Waals surface area contributed by atoms with Crippen molar-refractivity contribution in [3.8, 4) is 0 Å². The number of hydrogen-bond acceptors (Lipinski definition) is 5. The minimum absolute atomic E-state index is 0.0117. The molecule has 1 unspecified atom stereocenters. The molecule has 1 aliphatic rings. The van der Waals surface area contributed by atoms with E-state index in [2.05, 4.69) is 4.74 Å². The van der Waals surface area contributed by atoms with Crippen LogP contribution < -0.4 is 0 Å². The lowest BCUT2D eigenvalue weighted by atomic mass is 10.2. The van der Waals surface area contributed by atoms with Crippen LogP contribution in [-0.2, 0) is 24.3 Å². The van der Waals surface area contributed by atoms with Crippen LogP contribution in [0.4, 0.5) is 0 Å². The van der Waals surface area contributed by atoms with E-state index in [-0.39, 0.29) is 24.7 Å². The molecule has 1 aromatic rings. The molecule has 1 fully saturated rings. The van der Waals surface area contributed by atoms with E-state index < -0.39 is 22.0 Å². The third-order valence-corrected chi connectivity index (χ3v) is 5.10. The first-order valence-electron chi connectivity index (χ1n) is 6.21. The van der Waals surface area contributed by atoms with Crippen molar-refractivity contribution in [3.05, 3.63) is 29.8 Å². The van der Waals surface area contributed by atoms with E-state index in [1.54, 1.807) is 12.1 Å². The van der Waals surface area contributed by atoms with Gasteiger partial charge in [-0.3, -0.25) is 4.79 Å². The Morgan fingerprint density at radius 1 is 1.35 bits per heavy atom. The summed E-state index contributed by atoms with van der Waals surface area (Å²) in [4.78, 5) is 11.9. The molecule has 1 atom stereocenters. The van der Waals surface area contributed by atoms with Crippen LogP contribution in [0.5, 0.6) is 0 Å². The highest BCUT2D eigenvalue weighted by molar-refractivity contribution is 7.89. The lowest BCUT2D eigenvalue weighted by molar-refractivity contribution is -0.149. The monoisotopic (exact) mass is 299 g/mol. The van der Waals surface area contributed by atoms with Crippen molar-refractivity contribution in [3.63, 3.8) is 0 Å². The second-order valence-electron chi connectivity index (χ2n) is 4.54. The molecular weight excluding hydrogens is 282 g/mol. The molecule has 0 amide bonds. The van der Waals surface area contributed by atoms with Gasteiger partial charge in [0.1, 0.15) is 6.04 Å². The fourth-order valence-corrected chi connectivity index (χ4v) is 3.59. The maximum atomic E-state index is 12.6. The first-order valence-corrected chi connectivity index (χ1v) is 7.65. The summed E-state index contributed by atoms with van der Waals surface area (Å²) in [6, 6.07) is 5.59. The summed E-state index contributed by atoms with van der Waals surface area (Å²) in [5, 5.41) is 0. The fraction of sp³-hybridized carbons (Fsp3) is 0.462. The first kappa shape index (κ1) is 15.0. The Morgan fingerprint density at radius 2 is 2.00 bits per heavy atom. The van der Waals surface area contributed by atoms with Gasteiger partial charge in [-0.05, 0) is 19.1 Å². The van der Waals surface area contributed by atoms with Gasteiger partial charge in [0, 0.05) is 6.54 Å². The number of benzene rings is 1. The van der Waals surface area contributed by atoms with Gasteiger partial charge in [0.2, 0.25) is 10.0 Å². The van der Waals surface area contributed by atoms with Crippen molar-refractivity contribution in [1.82, 2.24) is 4.31 Å². The molecule has 20 heavy (non-hydrogen) atoms. The van der Waals surface area contributed by atoms with Gasteiger partial charge in [-0.25, -0.2) is 8.42 Å². The van der Waals surface area contributed by atoms with Gasteiger partial charge in [0.25, 0.3) is 0 Å². The number of ether oxygens (including phenoxy) is 2. The Hall–Kier alpha value is -1.44. The average Bonchev–Trinajstić information content (AvgIpc) is 2.47. The number of carbonyl (C=O) groups excluding carboxylic acids is 1. The zero-order valence-corrected chi connectivity index (χ0v) is 12.2. The Kier molecular flexibility index (Phi) is 4.42. The Labute approximate surface area is 118 Å². The summed E-state index contributed by atoms with van der Waals surface area (Å²) in [6.07, 6.45) is 0. The lowest BCUT2D eigenvalue weighted by Gasteiger charge is -2.32. The maximum absolute atomic E-state index is 12.6. The minimum atomic E-state index is -3.73. The van der Waals surface area contributed by atoms with Crippen molar-refractivity contribution >= 4 is 16.0 Å². The predicted octanol–water partition coefficient (Wildman–Crippen LogP) is 0.558. The highest BCUT2D eigenvalue weighted by Gasteiger charge is 2.38. The van der Waals surface area contributed by atoms with Crippen LogP contribution in [0.1, 0.15) is 5.56 Å². The molecule has 1 heterocycles. The molecule has 0 bridgehead atoms. The van der Waals surface area contributed by atoms with Crippen LogP contribution in [-0.4, -0.2) is 51.6 Å². The Morgan fingerprint density at radius 3 is 2.60 bits per heavy atom. The molecule has 1 saturated heterocycles. The summed E-state index contributed by atoms with van der Waals surface area (Å²) in [7, 11) is -2.50. The molecule has 0 N–H and O–H groups in total. The number of carbonyl (C=O) groups is 1. The number of morpholine rings is 1. The van der Waals surface area contributed by atoms with Gasteiger partial charge in [-0.15, -0.1) is 0 Å². The number of methoxy groups -OCH3 is 1. The van der Waals surface area contributed by atoms with Crippen molar-refractivity contribution in [1.29, 1.82) is 0 Å². The quantitative estimate of drug-likeness (QED) is 0.762. The van der Waals surface area contributed by atoms with Gasteiger partial charge in [0.05, 0.1) is 25.2 Å². The van der Waals surface area contributed by atoms with Crippen LogP contribution >= 0.6 is 0 Å². The molecule has 0 radical (unpaired) electrons. The molecule has 2 rings (SSSR count). The third kappa shape index (κ3) is 2.84. The summed E-state index contributed by atoms with van der Waals surface area (Å²) in [5.41, 5.74) is 0.968. The highest BCUT2D eigenvalue weighted by Crippen LogP contribution is 2.21. The summed E-state index contributed by atoms with van der Waals surface area (Å²) >= 11 is 0. The maximum Gasteiger partial charge on any atom is 0.326 e. The van der Waals surface area contributed by atoms with Crippen LogP contribution in [0.3, 0.4) is 0 Å². The summed E-state index contributed by atoms with van der Waals surface area (Å²) in [5.74, 6) is -0.611. The SMILES string of the molecule is COC(=O)C1COCCN1S(=O)(=O)c1ccc(C)cc1. The van der Waals surface area contributed by atoms with E-state index >= 15 is 0 Å². The van der Waals surface area contributed by atoms with Gasteiger partial charge in [0.15, 0.2) is 0 Å². The van der Waals surface area contributed by atoms with E-state index in [1.165, 1.54) is 19.2 Å². The minimum Gasteiger partial charge on any atom is -0.468 e. The number of sulfonamides is 1. The molecule has 7 heteroatoms. The highest BCUT2D eigenvalue weighted by atomic mass is 32.2. The number of rotatable bonds is 3. The van der Waals surface area contributed by atoms with E-state index in [9.17, 15) is 13.2 Å². The molecule has 110 valence electrons. The number of esters is 1. The molecule has 0 aliphatic carbocycles. The smallest absolute Gasteiger partial charge is 0.326 e. The third-order valence-electron chi connectivity index (χ3n) is 3.18. The molecule has 1 aliphatic heterocycles. The van der Waals surface area contributed by atoms with Gasteiger partial charge >= 0.3 is 5.97 Å². The van der Waals surface area contributed by atoms with Crippen LogP contribution in [0, 0.1) is 6.92 Å². The lowest BCUT2D eigenvalue weighted by Crippen LogP contribution is -2.52. The van der Waals surface area contributed by atoms with Crippen molar-refractivity contribution in [2.75, 3.05) is 26.9 Å². The van der Waals surface area contributed by atoms with Crippen LogP contribution in [0.2, 0.25) is 0 Å². The topological polar surface area (TPSA) is 72.9 Å². The Balaban J connectivity index is 2.35. The molecule has 0 spiro atoms. The Bertz CT molecular complexity index is 581. The predicted molar refractivity (Wildman–Crippen MR) is 71.7 cm³/mol. The van der Waals surface area contributed by atoms with Gasteiger partial charge in [-0.2, -0.15) is 4.31 Å². The summed E-state index contributed by atoms with van der Waals surface area (Å²) in [6.45, 7) is 2.29. The normalized spacial score (nSPS) is 20.6. The second-order valence-corrected chi connectivity index (χ2v) is 6.43. The zero-order chi connectivity index (χ0) is 14.8. The number of aryl methyl sites for hydroxylation is 1. The second kappa shape index (κ2) is 5.90. The fourth-order valence-electron chi connectivity index (χ4n) is 2.04. The number of nitrogens with zero attached hydrogens (tertiary/aromatic N) is 1. The molecule has 6 nitrogen and oxygen atoms in total. The zero-order valence-electron chi connectivity index (χ0n) is 11.4. The van der Waals surface area contributed by atoms with Crippen molar-refractivity contribution in [2.24, 2.45) is 0 Å². The van der Waals surface area contributed by atoms with E-state index in [4.69, 9.17) is 4.74 Å². The molecule has 0 aromatic heterocycles. The van der Waals surface area contributed by atoms with E-state index in [0.717, 1.165) is 9.87 Å².